The summed E-state index contributed by atoms with van der Waals surface area (Å²) in [4.78, 5) is 2.36. The minimum Gasteiger partial charge on any atom is -0.320 e. The third-order valence-electron chi connectivity index (χ3n) is 2.83. The Kier molecular flexibility index (Phi) is 7.25. The highest BCUT2D eigenvalue weighted by Crippen LogP contribution is 2.11. The molecule has 1 N–H and O–H groups in total. The molecular weight excluding hydrogens is 232 g/mol. The van der Waals surface area contributed by atoms with Gasteiger partial charge in [-0.2, -0.15) is 0 Å². The molecule has 0 aliphatic rings. The van der Waals surface area contributed by atoms with E-state index in [4.69, 9.17) is 11.6 Å². The van der Waals surface area contributed by atoms with Gasteiger partial charge in [-0.1, -0.05) is 30.2 Å². The molecule has 0 saturated heterocycles. The quantitative estimate of drug-likeness (QED) is 0.717. The lowest BCUT2D eigenvalue weighted by Gasteiger charge is -2.16. The fraction of sp³-hybridized carbons (Fsp3) is 0.571. The number of nitrogens with zero attached hydrogens (tertiary/aromatic N) is 1. The first-order valence-corrected chi connectivity index (χ1v) is 6.68. The summed E-state index contributed by atoms with van der Waals surface area (Å²) in [5.41, 5.74) is 1.33. The first-order chi connectivity index (χ1) is 8.22. The maximum absolute atomic E-state index is 5.86. The second-order valence-electron chi connectivity index (χ2n) is 4.53. The summed E-state index contributed by atoms with van der Waals surface area (Å²) in [6, 6.07) is 8.11. The number of benzene rings is 1. The van der Waals surface area contributed by atoms with Gasteiger partial charge in [0.25, 0.3) is 0 Å². The first-order valence-electron chi connectivity index (χ1n) is 6.30. The van der Waals surface area contributed by atoms with Crippen molar-refractivity contribution in [2.75, 3.05) is 27.2 Å². The smallest absolute Gasteiger partial charge is 0.0406 e. The number of hydrogen-bond donors (Lipinski definition) is 1. The van der Waals surface area contributed by atoms with Crippen molar-refractivity contribution in [2.45, 2.75) is 25.8 Å². The van der Waals surface area contributed by atoms with E-state index in [2.05, 4.69) is 29.4 Å². The highest BCUT2D eigenvalue weighted by atomic mass is 35.5. The molecule has 0 aliphatic heterocycles. The lowest BCUT2D eigenvalue weighted by Crippen LogP contribution is -2.19. The van der Waals surface area contributed by atoms with Crippen LogP contribution in [0.3, 0.4) is 0 Å². The monoisotopic (exact) mass is 254 g/mol. The number of rotatable bonds is 8. The molecule has 96 valence electrons. The molecule has 0 aromatic heterocycles. The maximum atomic E-state index is 5.86. The van der Waals surface area contributed by atoms with Crippen molar-refractivity contribution in [3.8, 4) is 0 Å². The minimum atomic E-state index is 0.809. The molecule has 3 heteroatoms. The average Bonchev–Trinajstić information content (AvgIpc) is 2.32. The SMILES string of the molecule is CNCCCCCN(C)Cc1ccc(Cl)cc1. The minimum absolute atomic E-state index is 0.809. The molecule has 0 heterocycles. The fourth-order valence-electron chi connectivity index (χ4n) is 1.84. The molecule has 1 aromatic rings. The van der Waals surface area contributed by atoms with Gasteiger partial charge in [0.1, 0.15) is 0 Å². The summed E-state index contributed by atoms with van der Waals surface area (Å²) in [5, 5.41) is 3.98. The van der Waals surface area contributed by atoms with Crippen LogP contribution in [0.25, 0.3) is 0 Å². The molecule has 0 spiro atoms. The molecule has 0 bridgehead atoms. The van der Waals surface area contributed by atoms with Gasteiger partial charge in [0, 0.05) is 11.6 Å². The topological polar surface area (TPSA) is 15.3 Å². The van der Waals surface area contributed by atoms with Crippen LogP contribution in [0.1, 0.15) is 24.8 Å². The van der Waals surface area contributed by atoms with Gasteiger partial charge < -0.3 is 10.2 Å². The van der Waals surface area contributed by atoms with Crippen LogP contribution in [0.15, 0.2) is 24.3 Å². The van der Waals surface area contributed by atoms with Crippen molar-refractivity contribution in [1.29, 1.82) is 0 Å². The van der Waals surface area contributed by atoms with Gasteiger partial charge in [0.2, 0.25) is 0 Å². The molecule has 1 aromatic carbocycles. The van der Waals surface area contributed by atoms with Crippen LogP contribution < -0.4 is 5.32 Å². The molecule has 0 saturated carbocycles. The Bertz CT molecular complexity index is 298. The fourth-order valence-corrected chi connectivity index (χ4v) is 1.97. The van der Waals surface area contributed by atoms with Crippen LogP contribution in [0, 0.1) is 0 Å². The Morgan fingerprint density at radius 3 is 2.47 bits per heavy atom. The van der Waals surface area contributed by atoms with E-state index in [1.54, 1.807) is 0 Å². The van der Waals surface area contributed by atoms with Crippen molar-refractivity contribution in [3.63, 3.8) is 0 Å². The molecule has 2 nitrogen and oxygen atoms in total. The number of halogens is 1. The largest absolute Gasteiger partial charge is 0.320 e. The van der Waals surface area contributed by atoms with Crippen LogP contribution in [-0.2, 0) is 6.54 Å². The Balaban J connectivity index is 2.16. The predicted molar refractivity (Wildman–Crippen MR) is 75.6 cm³/mol. The molecular formula is C14H23ClN2. The number of hydrogen-bond acceptors (Lipinski definition) is 2. The van der Waals surface area contributed by atoms with Gasteiger partial charge in [-0.05, 0) is 57.7 Å². The molecule has 0 atom stereocenters. The van der Waals surface area contributed by atoms with E-state index in [1.165, 1.54) is 24.8 Å². The second kappa shape index (κ2) is 8.51. The molecule has 0 amide bonds. The second-order valence-corrected chi connectivity index (χ2v) is 4.96. The average molecular weight is 255 g/mol. The zero-order valence-corrected chi connectivity index (χ0v) is 11.6. The first kappa shape index (κ1) is 14.5. The maximum Gasteiger partial charge on any atom is 0.0406 e. The summed E-state index contributed by atoms with van der Waals surface area (Å²) in [6.45, 7) is 3.29. The summed E-state index contributed by atoms with van der Waals surface area (Å²) in [7, 11) is 4.18. The van der Waals surface area contributed by atoms with E-state index in [-0.39, 0.29) is 0 Å². The van der Waals surface area contributed by atoms with E-state index in [1.807, 2.05) is 19.2 Å². The van der Waals surface area contributed by atoms with Crippen molar-refractivity contribution < 1.29 is 0 Å². The Labute approximate surface area is 110 Å². The Morgan fingerprint density at radius 1 is 1.12 bits per heavy atom. The number of unbranched alkanes of at least 4 members (excludes halogenated alkanes) is 2. The van der Waals surface area contributed by atoms with E-state index >= 15 is 0 Å². The summed E-state index contributed by atoms with van der Waals surface area (Å²) in [5.74, 6) is 0. The Morgan fingerprint density at radius 2 is 1.82 bits per heavy atom. The highest BCUT2D eigenvalue weighted by Gasteiger charge is 2.00. The van der Waals surface area contributed by atoms with Gasteiger partial charge in [-0.15, -0.1) is 0 Å². The summed E-state index contributed by atoms with van der Waals surface area (Å²) < 4.78 is 0. The molecule has 17 heavy (non-hydrogen) atoms. The van der Waals surface area contributed by atoms with E-state index in [0.717, 1.165) is 24.7 Å². The zero-order chi connectivity index (χ0) is 12.5. The van der Waals surface area contributed by atoms with Gasteiger partial charge >= 0.3 is 0 Å². The lowest BCUT2D eigenvalue weighted by atomic mass is 10.2. The normalized spacial score (nSPS) is 11.1. The van der Waals surface area contributed by atoms with Crippen LogP contribution in [0.5, 0.6) is 0 Å². The predicted octanol–water partition coefficient (Wildman–Crippen LogP) is 3.16. The van der Waals surface area contributed by atoms with E-state index in [9.17, 15) is 0 Å². The van der Waals surface area contributed by atoms with E-state index < -0.39 is 0 Å². The van der Waals surface area contributed by atoms with Crippen LogP contribution in [0.2, 0.25) is 5.02 Å². The summed E-state index contributed by atoms with van der Waals surface area (Å²) >= 11 is 5.86. The third kappa shape index (κ3) is 6.67. The Hall–Kier alpha value is -0.570. The molecule has 0 aliphatic carbocycles. The van der Waals surface area contributed by atoms with Gasteiger partial charge in [-0.3, -0.25) is 0 Å². The van der Waals surface area contributed by atoms with Crippen LogP contribution in [-0.4, -0.2) is 32.1 Å². The molecule has 0 unspecified atom stereocenters. The number of nitrogens with one attached hydrogen (secondary N) is 1. The molecule has 1 rings (SSSR count). The zero-order valence-electron chi connectivity index (χ0n) is 10.9. The summed E-state index contributed by atoms with van der Waals surface area (Å²) in [6.07, 6.45) is 3.84. The van der Waals surface area contributed by atoms with Gasteiger partial charge in [0.05, 0.1) is 0 Å². The lowest BCUT2D eigenvalue weighted by molar-refractivity contribution is 0.317. The standard InChI is InChI=1S/C14H23ClN2/c1-16-10-4-3-5-11-17(2)12-13-6-8-14(15)9-7-13/h6-9,16H,3-5,10-12H2,1-2H3. The van der Waals surface area contributed by atoms with Crippen LogP contribution >= 0.6 is 11.6 Å². The van der Waals surface area contributed by atoms with Crippen molar-refractivity contribution in [1.82, 2.24) is 10.2 Å². The third-order valence-corrected chi connectivity index (χ3v) is 3.08. The van der Waals surface area contributed by atoms with Crippen molar-refractivity contribution >= 4 is 11.6 Å². The molecule has 0 fully saturated rings. The van der Waals surface area contributed by atoms with E-state index in [0.29, 0.717) is 0 Å². The van der Waals surface area contributed by atoms with Crippen LogP contribution in [0.4, 0.5) is 0 Å². The van der Waals surface area contributed by atoms with Gasteiger partial charge in [0.15, 0.2) is 0 Å². The molecule has 0 radical (unpaired) electrons. The van der Waals surface area contributed by atoms with Crippen molar-refractivity contribution in [3.05, 3.63) is 34.9 Å². The van der Waals surface area contributed by atoms with Gasteiger partial charge in [-0.25, -0.2) is 0 Å². The van der Waals surface area contributed by atoms with Crippen molar-refractivity contribution in [2.24, 2.45) is 0 Å². The highest BCUT2D eigenvalue weighted by molar-refractivity contribution is 6.30.